The number of H-pyrrole nitrogens is 1. The van der Waals surface area contributed by atoms with Gasteiger partial charge in [-0.05, 0) is 40.4 Å². The van der Waals surface area contributed by atoms with Gasteiger partial charge in [-0.25, -0.2) is 8.42 Å². The van der Waals surface area contributed by atoms with Crippen molar-refractivity contribution in [3.8, 4) is 0 Å². The summed E-state index contributed by atoms with van der Waals surface area (Å²) in [7, 11) is -3.66. The SMILES string of the molecule is Cc1cccc(S(=O)(=O)Nc2cc(C(C)C)[nH]n2)c1Br. The van der Waals surface area contributed by atoms with Gasteiger partial charge in [0.15, 0.2) is 5.82 Å². The summed E-state index contributed by atoms with van der Waals surface area (Å²) in [4.78, 5) is 0.201. The summed E-state index contributed by atoms with van der Waals surface area (Å²) in [6, 6.07) is 6.80. The molecule has 0 atom stereocenters. The Morgan fingerprint density at radius 3 is 2.65 bits per heavy atom. The predicted molar refractivity (Wildman–Crippen MR) is 82.4 cm³/mol. The van der Waals surface area contributed by atoms with Gasteiger partial charge in [0, 0.05) is 16.2 Å². The molecule has 0 bridgehead atoms. The minimum absolute atomic E-state index is 0.201. The van der Waals surface area contributed by atoms with Gasteiger partial charge in [-0.2, -0.15) is 5.10 Å². The molecule has 5 nitrogen and oxygen atoms in total. The van der Waals surface area contributed by atoms with E-state index in [-0.39, 0.29) is 10.8 Å². The third-order valence-electron chi connectivity index (χ3n) is 2.90. The standard InChI is InChI=1S/C13H16BrN3O2S/c1-8(2)10-7-12(16-15-10)17-20(18,19)11-6-4-5-9(3)13(11)14/h4-8H,1-3H3,(H2,15,16,17). The molecular formula is C13H16BrN3O2S. The molecule has 0 spiro atoms. The average molecular weight is 358 g/mol. The molecule has 2 rings (SSSR count). The lowest BCUT2D eigenvalue weighted by Crippen LogP contribution is -2.14. The van der Waals surface area contributed by atoms with Crippen LogP contribution in [0.1, 0.15) is 31.0 Å². The first-order valence-electron chi connectivity index (χ1n) is 6.14. The van der Waals surface area contributed by atoms with Crippen molar-refractivity contribution in [1.82, 2.24) is 10.2 Å². The number of nitrogens with zero attached hydrogens (tertiary/aromatic N) is 1. The van der Waals surface area contributed by atoms with E-state index in [1.807, 2.05) is 26.8 Å². The number of hydrogen-bond acceptors (Lipinski definition) is 3. The number of aromatic amines is 1. The molecule has 0 aliphatic rings. The molecule has 2 aromatic rings. The highest BCUT2D eigenvalue weighted by Gasteiger charge is 2.20. The maximum atomic E-state index is 12.4. The summed E-state index contributed by atoms with van der Waals surface area (Å²) in [5.41, 5.74) is 1.74. The van der Waals surface area contributed by atoms with Crippen molar-refractivity contribution in [2.45, 2.75) is 31.6 Å². The molecule has 0 amide bonds. The average Bonchev–Trinajstić information content (AvgIpc) is 2.80. The number of aromatic nitrogens is 2. The van der Waals surface area contributed by atoms with Crippen LogP contribution < -0.4 is 4.72 Å². The Morgan fingerprint density at radius 2 is 2.05 bits per heavy atom. The Balaban J connectivity index is 2.33. The van der Waals surface area contributed by atoms with Gasteiger partial charge in [-0.3, -0.25) is 9.82 Å². The fourth-order valence-corrected chi connectivity index (χ4v) is 3.75. The van der Waals surface area contributed by atoms with Crippen LogP contribution in [0.4, 0.5) is 5.82 Å². The molecule has 0 unspecified atom stereocenters. The van der Waals surface area contributed by atoms with Gasteiger partial charge in [0.25, 0.3) is 10.0 Å². The van der Waals surface area contributed by atoms with E-state index in [4.69, 9.17) is 0 Å². The van der Waals surface area contributed by atoms with Gasteiger partial charge in [0.05, 0.1) is 0 Å². The van der Waals surface area contributed by atoms with E-state index in [0.717, 1.165) is 11.3 Å². The lowest BCUT2D eigenvalue weighted by molar-refractivity contribution is 0.600. The molecule has 7 heteroatoms. The van der Waals surface area contributed by atoms with Gasteiger partial charge in [0.2, 0.25) is 0 Å². The Morgan fingerprint density at radius 1 is 1.35 bits per heavy atom. The van der Waals surface area contributed by atoms with Crippen molar-refractivity contribution in [2.75, 3.05) is 4.72 Å². The van der Waals surface area contributed by atoms with Crippen LogP contribution in [0.25, 0.3) is 0 Å². The Bertz CT molecular complexity index is 723. The summed E-state index contributed by atoms with van der Waals surface area (Å²) < 4.78 is 27.8. The van der Waals surface area contributed by atoms with Crippen molar-refractivity contribution in [3.05, 3.63) is 40.0 Å². The van der Waals surface area contributed by atoms with Crippen LogP contribution >= 0.6 is 15.9 Å². The number of nitrogens with one attached hydrogen (secondary N) is 2. The molecule has 2 N–H and O–H groups in total. The minimum atomic E-state index is -3.66. The molecule has 1 aromatic heterocycles. The van der Waals surface area contributed by atoms with Gasteiger partial charge < -0.3 is 0 Å². The van der Waals surface area contributed by atoms with Crippen LogP contribution in [0.3, 0.4) is 0 Å². The van der Waals surface area contributed by atoms with E-state index >= 15 is 0 Å². The molecular weight excluding hydrogens is 342 g/mol. The second-order valence-electron chi connectivity index (χ2n) is 4.86. The molecule has 0 saturated carbocycles. The van der Waals surface area contributed by atoms with E-state index < -0.39 is 10.0 Å². The summed E-state index contributed by atoms with van der Waals surface area (Å²) in [6.45, 7) is 5.85. The van der Waals surface area contributed by atoms with E-state index in [1.54, 1.807) is 18.2 Å². The number of anilines is 1. The highest BCUT2D eigenvalue weighted by Crippen LogP contribution is 2.27. The van der Waals surface area contributed by atoms with Crippen LogP contribution in [0.2, 0.25) is 0 Å². The third-order valence-corrected chi connectivity index (χ3v) is 5.62. The molecule has 108 valence electrons. The number of benzene rings is 1. The van der Waals surface area contributed by atoms with E-state index in [0.29, 0.717) is 10.3 Å². The molecule has 0 aliphatic carbocycles. The quantitative estimate of drug-likeness (QED) is 0.880. The van der Waals surface area contributed by atoms with Gasteiger partial charge in [0.1, 0.15) is 4.90 Å². The maximum Gasteiger partial charge on any atom is 0.264 e. The molecule has 0 radical (unpaired) electrons. The highest BCUT2D eigenvalue weighted by atomic mass is 79.9. The second-order valence-corrected chi connectivity index (χ2v) is 7.30. The van der Waals surface area contributed by atoms with Crippen molar-refractivity contribution < 1.29 is 8.42 Å². The third kappa shape index (κ3) is 3.04. The number of rotatable bonds is 4. The van der Waals surface area contributed by atoms with Crippen LogP contribution in [0.15, 0.2) is 33.6 Å². The zero-order valence-corrected chi connectivity index (χ0v) is 13.8. The lowest BCUT2D eigenvalue weighted by Gasteiger charge is -2.08. The second kappa shape index (κ2) is 5.57. The largest absolute Gasteiger partial charge is 0.280 e. The van der Waals surface area contributed by atoms with Gasteiger partial charge >= 0.3 is 0 Å². The van der Waals surface area contributed by atoms with Crippen molar-refractivity contribution >= 4 is 31.8 Å². The number of hydrogen-bond donors (Lipinski definition) is 2. The molecule has 0 aliphatic heterocycles. The fraction of sp³-hybridized carbons (Fsp3) is 0.308. The maximum absolute atomic E-state index is 12.4. The van der Waals surface area contributed by atoms with Crippen molar-refractivity contribution in [2.24, 2.45) is 0 Å². The molecule has 0 fully saturated rings. The van der Waals surface area contributed by atoms with E-state index in [9.17, 15) is 8.42 Å². The van der Waals surface area contributed by atoms with Crippen LogP contribution in [-0.4, -0.2) is 18.6 Å². The fourth-order valence-electron chi connectivity index (χ4n) is 1.71. The van der Waals surface area contributed by atoms with Crippen molar-refractivity contribution in [1.29, 1.82) is 0 Å². The summed E-state index contributed by atoms with van der Waals surface area (Å²) in [5.74, 6) is 0.550. The lowest BCUT2D eigenvalue weighted by atomic mass is 10.1. The first kappa shape index (κ1) is 15.1. The van der Waals surface area contributed by atoms with Gasteiger partial charge in [-0.1, -0.05) is 26.0 Å². The van der Waals surface area contributed by atoms with Crippen molar-refractivity contribution in [3.63, 3.8) is 0 Å². The summed E-state index contributed by atoms with van der Waals surface area (Å²) in [6.07, 6.45) is 0. The highest BCUT2D eigenvalue weighted by molar-refractivity contribution is 9.10. The van der Waals surface area contributed by atoms with E-state index in [2.05, 4.69) is 30.8 Å². The molecule has 20 heavy (non-hydrogen) atoms. The molecule has 0 saturated heterocycles. The predicted octanol–water partition coefficient (Wildman–Crippen LogP) is 3.40. The Kier molecular flexibility index (Phi) is 4.19. The smallest absolute Gasteiger partial charge is 0.264 e. The molecule has 1 heterocycles. The first-order valence-corrected chi connectivity index (χ1v) is 8.42. The van der Waals surface area contributed by atoms with Crippen LogP contribution in [-0.2, 0) is 10.0 Å². The molecule has 1 aromatic carbocycles. The summed E-state index contributed by atoms with van der Waals surface area (Å²) >= 11 is 3.31. The zero-order valence-electron chi connectivity index (χ0n) is 11.4. The number of sulfonamides is 1. The Labute approximate surface area is 127 Å². The van der Waals surface area contributed by atoms with Crippen LogP contribution in [0, 0.1) is 6.92 Å². The Hall–Kier alpha value is -1.34. The minimum Gasteiger partial charge on any atom is -0.280 e. The normalized spacial score (nSPS) is 11.8. The topological polar surface area (TPSA) is 74.8 Å². The monoisotopic (exact) mass is 357 g/mol. The first-order chi connectivity index (χ1) is 9.31. The van der Waals surface area contributed by atoms with E-state index in [1.165, 1.54) is 0 Å². The zero-order chi connectivity index (χ0) is 14.9. The number of aryl methyl sites for hydroxylation is 1. The summed E-state index contributed by atoms with van der Waals surface area (Å²) in [5, 5.41) is 6.79. The van der Waals surface area contributed by atoms with Crippen LogP contribution in [0.5, 0.6) is 0 Å². The van der Waals surface area contributed by atoms with Gasteiger partial charge in [-0.15, -0.1) is 0 Å². The number of halogens is 1.